The van der Waals surface area contributed by atoms with Crippen LogP contribution in [0, 0.1) is 13.8 Å². The second-order valence-electron chi connectivity index (χ2n) is 4.50. The first-order valence-corrected chi connectivity index (χ1v) is 6.11. The van der Waals surface area contributed by atoms with Crippen molar-refractivity contribution in [3.63, 3.8) is 0 Å². The van der Waals surface area contributed by atoms with Crippen LogP contribution in [0.1, 0.15) is 21.5 Å². The number of hydrogen-bond acceptors (Lipinski definition) is 3. The van der Waals surface area contributed by atoms with Crippen molar-refractivity contribution in [2.75, 3.05) is 17.7 Å². The lowest BCUT2D eigenvalue weighted by Crippen LogP contribution is -2.14. The molecule has 0 bridgehead atoms. The monoisotopic (exact) mass is 255 g/mol. The molecule has 2 aromatic rings. The molecule has 1 heterocycles. The highest BCUT2D eigenvalue weighted by molar-refractivity contribution is 6.08. The average Bonchev–Trinajstić information content (AvgIpc) is 2.38. The van der Waals surface area contributed by atoms with Crippen LogP contribution in [-0.4, -0.2) is 17.9 Å². The smallest absolute Gasteiger partial charge is 0.257 e. The molecule has 0 aliphatic rings. The van der Waals surface area contributed by atoms with Gasteiger partial charge in [-0.3, -0.25) is 9.78 Å². The van der Waals surface area contributed by atoms with Gasteiger partial charge in [0.25, 0.3) is 5.91 Å². The van der Waals surface area contributed by atoms with E-state index in [2.05, 4.69) is 15.6 Å². The van der Waals surface area contributed by atoms with E-state index in [0.29, 0.717) is 11.3 Å². The maximum atomic E-state index is 12.2. The lowest BCUT2D eigenvalue weighted by Gasteiger charge is -2.10. The number of benzene rings is 1. The molecule has 4 nitrogen and oxygen atoms in total. The fourth-order valence-corrected chi connectivity index (χ4v) is 1.88. The molecule has 0 spiro atoms. The second kappa shape index (κ2) is 5.52. The molecule has 0 aliphatic carbocycles. The van der Waals surface area contributed by atoms with E-state index >= 15 is 0 Å². The van der Waals surface area contributed by atoms with Crippen molar-refractivity contribution in [2.45, 2.75) is 13.8 Å². The van der Waals surface area contributed by atoms with Crippen molar-refractivity contribution in [2.24, 2.45) is 0 Å². The Morgan fingerprint density at radius 1 is 1.11 bits per heavy atom. The van der Waals surface area contributed by atoms with Crippen LogP contribution in [0.25, 0.3) is 0 Å². The minimum atomic E-state index is -0.142. The summed E-state index contributed by atoms with van der Waals surface area (Å²) >= 11 is 0. The first-order valence-electron chi connectivity index (χ1n) is 6.11. The van der Waals surface area contributed by atoms with Crippen molar-refractivity contribution < 1.29 is 4.79 Å². The number of pyridine rings is 1. The Bertz CT molecular complexity index is 608. The number of aryl methyl sites for hydroxylation is 2. The van der Waals surface area contributed by atoms with E-state index in [1.54, 1.807) is 19.4 Å². The fourth-order valence-electron chi connectivity index (χ4n) is 1.88. The molecule has 0 aliphatic heterocycles. The third kappa shape index (κ3) is 3.10. The van der Waals surface area contributed by atoms with Crippen molar-refractivity contribution in [3.05, 3.63) is 53.3 Å². The van der Waals surface area contributed by atoms with E-state index in [9.17, 15) is 4.79 Å². The molecule has 2 rings (SSSR count). The Labute approximate surface area is 112 Å². The van der Waals surface area contributed by atoms with Gasteiger partial charge in [-0.2, -0.15) is 0 Å². The number of anilines is 2. The zero-order valence-corrected chi connectivity index (χ0v) is 11.3. The van der Waals surface area contributed by atoms with Crippen molar-refractivity contribution in [1.82, 2.24) is 4.98 Å². The largest absolute Gasteiger partial charge is 0.387 e. The minimum absolute atomic E-state index is 0.142. The minimum Gasteiger partial charge on any atom is -0.387 e. The Kier molecular flexibility index (Phi) is 3.80. The summed E-state index contributed by atoms with van der Waals surface area (Å²) in [6.07, 6.45) is 3.39. The molecular weight excluding hydrogens is 238 g/mol. The molecule has 2 N–H and O–H groups in total. The quantitative estimate of drug-likeness (QED) is 0.886. The van der Waals surface area contributed by atoms with Gasteiger partial charge in [0, 0.05) is 18.9 Å². The van der Waals surface area contributed by atoms with Crippen LogP contribution in [0.5, 0.6) is 0 Å². The van der Waals surface area contributed by atoms with E-state index in [-0.39, 0.29) is 5.91 Å². The van der Waals surface area contributed by atoms with E-state index in [4.69, 9.17) is 0 Å². The number of aromatic nitrogens is 1. The van der Waals surface area contributed by atoms with Crippen LogP contribution in [0.2, 0.25) is 0 Å². The molecule has 1 aromatic carbocycles. The molecule has 0 fully saturated rings. The molecule has 0 radical (unpaired) electrons. The highest BCUT2D eigenvalue weighted by atomic mass is 16.1. The van der Waals surface area contributed by atoms with Crippen LogP contribution < -0.4 is 10.6 Å². The van der Waals surface area contributed by atoms with Gasteiger partial charge in [-0.05, 0) is 43.2 Å². The molecule has 1 aromatic heterocycles. The molecule has 1 amide bonds. The summed E-state index contributed by atoms with van der Waals surface area (Å²) in [5.74, 6) is -0.142. The predicted molar refractivity (Wildman–Crippen MR) is 77.7 cm³/mol. The van der Waals surface area contributed by atoms with E-state index in [1.807, 2.05) is 38.1 Å². The van der Waals surface area contributed by atoms with E-state index < -0.39 is 0 Å². The van der Waals surface area contributed by atoms with Crippen LogP contribution in [0.3, 0.4) is 0 Å². The Hall–Kier alpha value is -2.36. The van der Waals surface area contributed by atoms with Gasteiger partial charge in [0.2, 0.25) is 0 Å². The zero-order valence-electron chi connectivity index (χ0n) is 11.3. The number of nitrogens with one attached hydrogen (secondary N) is 2. The second-order valence-corrected chi connectivity index (χ2v) is 4.50. The molecule has 0 unspecified atom stereocenters. The number of amides is 1. The van der Waals surface area contributed by atoms with E-state index in [1.165, 1.54) is 0 Å². The number of nitrogens with zero attached hydrogens (tertiary/aromatic N) is 1. The zero-order chi connectivity index (χ0) is 13.8. The van der Waals surface area contributed by atoms with Gasteiger partial charge in [-0.25, -0.2) is 0 Å². The van der Waals surface area contributed by atoms with Gasteiger partial charge >= 0.3 is 0 Å². The lowest BCUT2D eigenvalue weighted by molar-refractivity contribution is 0.102. The SMILES string of the molecule is CNc1cc(C)ccc1C(=O)Nc1cncc(C)c1. The Morgan fingerprint density at radius 3 is 2.58 bits per heavy atom. The average molecular weight is 255 g/mol. The topological polar surface area (TPSA) is 54.0 Å². The Morgan fingerprint density at radius 2 is 1.89 bits per heavy atom. The third-order valence-electron chi connectivity index (χ3n) is 2.82. The fraction of sp³-hybridized carbons (Fsp3) is 0.200. The molecule has 19 heavy (non-hydrogen) atoms. The molecular formula is C15H17N3O. The molecule has 4 heteroatoms. The van der Waals surface area contributed by atoms with Crippen molar-refractivity contribution in [3.8, 4) is 0 Å². The summed E-state index contributed by atoms with van der Waals surface area (Å²) in [7, 11) is 1.81. The Balaban J connectivity index is 2.25. The molecule has 0 saturated carbocycles. The van der Waals surface area contributed by atoms with Gasteiger partial charge in [-0.1, -0.05) is 6.07 Å². The van der Waals surface area contributed by atoms with Crippen LogP contribution >= 0.6 is 0 Å². The first kappa shape index (κ1) is 13.1. The van der Waals surface area contributed by atoms with Crippen LogP contribution in [-0.2, 0) is 0 Å². The molecule has 98 valence electrons. The summed E-state index contributed by atoms with van der Waals surface area (Å²) in [5, 5.41) is 5.89. The van der Waals surface area contributed by atoms with Crippen molar-refractivity contribution in [1.29, 1.82) is 0 Å². The lowest BCUT2D eigenvalue weighted by atomic mass is 10.1. The maximum Gasteiger partial charge on any atom is 0.257 e. The van der Waals surface area contributed by atoms with Gasteiger partial charge in [0.05, 0.1) is 17.4 Å². The summed E-state index contributed by atoms with van der Waals surface area (Å²) in [5.41, 5.74) is 4.26. The number of carbonyl (C=O) groups excluding carboxylic acids is 1. The summed E-state index contributed by atoms with van der Waals surface area (Å²) < 4.78 is 0. The summed E-state index contributed by atoms with van der Waals surface area (Å²) in [6, 6.07) is 7.57. The summed E-state index contributed by atoms with van der Waals surface area (Å²) in [6.45, 7) is 3.93. The van der Waals surface area contributed by atoms with Gasteiger partial charge in [0.15, 0.2) is 0 Å². The number of rotatable bonds is 3. The molecule has 0 atom stereocenters. The predicted octanol–water partition coefficient (Wildman–Crippen LogP) is 2.99. The van der Waals surface area contributed by atoms with Gasteiger partial charge < -0.3 is 10.6 Å². The van der Waals surface area contributed by atoms with Gasteiger partial charge in [0.1, 0.15) is 0 Å². The highest BCUT2D eigenvalue weighted by Gasteiger charge is 2.11. The third-order valence-corrected chi connectivity index (χ3v) is 2.82. The van der Waals surface area contributed by atoms with Gasteiger partial charge in [-0.15, -0.1) is 0 Å². The highest BCUT2D eigenvalue weighted by Crippen LogP contribution is 2.19. The number of carbonyl (C=O) groups is 1. The molecule has 0 saturated heterocycles. The summed E-state index contributed by atoms with van der Waals surface area (Å²) in [4.78, 5) is 16.3. The van der Waals surface area contributed by atoms with Crippen molar-refractivity contribution >= 4 is 17.3 Å². The number of hydrogen-bond donors (Lipinski definition) is 2. The first-order chi connectivity index (χ1) is 9.10. The maximum absolute atomic E-state index is 12.2. The van der Waals surface area contributed by atoms with Crippen LogP contribution in [0.4, 0.5) is 11.4 Å². The van der Waals surface area contributed by atoms with Crippen LogP contribution in [0.15, 0.2) is 36.7 Å². The van der Waals surface area contributed by atoms with E-state index in [0.717, 1.165) is 16.8 Å². The standard InChI is InChI=1S/C15H17N3O/c1-10-4-5-13(14(7-10)16-3)15(19)18-12-6-11(2)8-17-9-12/h4-9,16H,1-3H3,(H,18,19). The normalized spacial score (nSPS) is 10.1.